The van der Waals surface area contributed by atoms with Crippen LogP contribution in [0, 0.1) is 27.7 Å². The minimum atomic E-state index is -0.438. The molecule has 142 valence electrons. The van der Waals surface area contributed by atoms with Crippen molar-refractivity contribution in [1.82, 2.24) is 4.98 Å². The van der Waals surface area contributed by atoms with Gasteiger partial charge in [-0.1, -0.05) is 0 Å². The molecule has 0 radical (unpaired) electrons. The lowest BCUT2D eigenvalue weighted by molar-refractivity contribution is 0.0527. The molecule has 3 aromatic rings. The molecule has 6 nitrogen and oxygen atoms in total. The van der Waals surface area contributed by atoms with Gasteiger partial charge in [0.25, 0.3) is 5.91 Å². The summed E-state index contributed by atoms with van der Waals surface area (Å²) >= 11 is 2.61. The number of thiophene rings is 2. The summed E-state index contributed by atoms with van der Waals surface area (Å²) in [5.41, 5.74) is 9.74. The lowest BCUT2D eigenvalue weighted by Crippen LogP contribution is -2.15. The summed E-state index contributed by atoms with van der Waals surface area (Å²) in [6.45, 7) is 9.63. The fraction of sp³-hybridized carbons (Fsp3) is 0.316. The monoisotopic (exact) mass is 403 g/mol. The Morgan fingerprint density at radius 3 is 2.59 bits per heavy atom. The first-order valence-electron chi connectivity index (χ1n) is 8.49. The average molecular weight is 404 g/mol. The molecule has 0 atom stereocenters. The van der Waals surface area contributed by atoms with Crippen molar-refractivity contribution in [3.63, 3.8) is 0 Å². The van der Waals surface area contributed by atoms with E-state index in [0.29, 0.717) is 21.1 Å². The van der Waals surface area contributed by atoms with Crippen molar-refractivity contribution in [2.45, 2.75) is 34.6 Å². The zero-order valence-corrected chi connectivity index (χ0v) is 17.5. The number of esters is 1. The predicted molar refractivity (Wildman–Crippen MR) is 111 cm³/mol. The number of aryl methyl sites for hydroxylation is 3. The van der Waals surface area contributed by atoms with Crippen molar-refractivity contribution in [1.29, 1.82) is 0 Å². The zero-order chi connectivity index (χ0) is 19.9. The Morgan fingerprint density at radius 2 is 1.93 bits per heavy atom. The maximum Gasteiger partial charge on any atom is 0.341 e. The number of nitrogens with one attached hydrogen (secondary N) is 1. The summed E-state index contributed by atoms with van der Waals surface area (Å²) in [6, 6.07) is 1.94. The van der Waals surface area contributed by atoms with Crippen LogP contribution in [0.2, 0.25) is 0 Å². The van der Waals surface area contributed by atoms with Gasteiger partial charge in [-0.2, -0.15) is 0 Å². The van der Waals surface area contributed by atoms with Crippen LogP contribution in [0.3, 0.4) is 0 Å². The van der Waals surface area contributed by atoms with Crippen molar-refractivity contribution >= 4 is 55.5 Å². The predicted octanol–water partition coefficient (Wildman–Crippen LogP) is 4.60. The van der Waals surface area contributed by atoms with Crippen molar-refractivity contribution in [2.75, 3.05) is 17.7 Å². The number of pyridine rings is 1. The number of nitrogens with zero attached hydrogens (tertiary/aromatic N) is 1. The molecular formula is C19H21N3O3S2. The number of amides is 1. The first-order chi connectivity index (χ1) is 12.7. The van der Waals surface area contributed by atoms with Crippen molar-refractivity contribution < 1.29 is 14.3 Å². The Labute approximate surface area is 165 Å². The number of hydrogen-bond donors (Lipinski definition) is 2. The van der Waals surface area contributed by atoms with Crippen LogP contribution in [-0.4, -0.2) is 23.5 Å². The van der Waals surface area contributed by atoms with Crippen LogP contribution < -0.4 is 11.1 Å². The number of ether oxygens (including phenoxy) is 1. The SMILES string of the molecule is CCOC(=O)c1c(NC(=O)c2sc3nc(C)cc(C)c3c2N)sc(C)c1C. The summed E-state index contributed by atoms with van der Waals surface area (Å²) in [7, 11) is 0. The molecule has 3 rings (SSSR count). The van der Waals surface area contributed by atoms with Crippen molar-refractivity contribution in [2.24, 2.45) is 0 Å². The minimum Gasteiger partial charge on any atom is -0.462 e. The third kappa shape index (κ3) is 3.42. The van der Waals surface area contributed by atoms with Gasteiger partial charge in [0.2, 0.25) is 0 Å². The first kappa shape index (κ1) is 19.3. The van der Waals surface area contributed by atoms with Gasteiger partial charge in [0, 0.05) is 16.0 Å². The van der Waals surface area contributed by atoms with E-state index in [1.807, 2.05) is 33.8 Å². The number of nitrogens with two attached hydrogens (primary N) is 1. The quantitative estimate of drug-likeness (QED) is 0.621. The Bertz CT molecular complexity index is 1070. The summed E-state index contributed by atoms with van der Waals surface area (Å²) in [4.78, 5) is 31.8. The standard InChI is InChI=1S/C19H21N3O3S2/c1-6-25-19(24)13-10(4)11(5)26-18(13)22-16(23)15-14(20)12-8(2)7-9(3)21-17(12)27-15/h7H,6,20H2,1-5H3,(H,22,23). The third-order valence-electron chi connectivity index (χ3n) is 4.32. The highest BCUT2D eigenvalue weighted by atomic mass is 32.1. The van der Waals surface area contributed by atoms with E-state index in [4.69, 9.17) is 10.5 Å². The summed E-state index contributed by atoms with van der Waals surface area (Å²) in [5, 5.41) is 4.13. The number of aromatic nitrogens is 1. The number of fused-ring (bicyclic) bond motifs is 1. The van der Waals surface area contributed by atoms with Crippen LogP contribution in [0.4, 0.5) is 10.7 Å². The number of anilines is 2. The highest BCUT2D eigenvalue weighted by Gasteiger charge is 2.25. The van der Waals surface area contributed by atoms with E-state index in [1.165, 1.54) is 22.7 Å². The van der Waals surface area contributed by atoms with E-state index in [2.05, 4.69) is 10.3 Å². The Hall–Kier alpha value is -2.45. The maximum atomic E-state index is 12.9. The molecule has 8 heteroatoms. The van der Waals surface area contributed by atoms with E-state index < -0.39 is 5.97 Å². The average Bonchev–Trinajstić information content (AvgIpc) is 3.05. The molecule has 0 spiro atoms. The molecule has 0 fully saturated rings. The second-order valence-corrected chi connectivity index (χ2v) is 8.49. The van der Waals surface area contributed by atoms with E-state index in [0.717, 1.165) is 31.9 Å². The van der Waals surface area contributed by atoms with Gasteiger partial charge in [-0.3, -0.25) is 4.79 Å². The molecule has 0 unspecified atom stereocenters. The van der Waals surface area contributed by atoms with Crippen molar-refractivity contribution in [3.05, 3.63) is 38.2 Å². The van der Waals surface area contributed by atoms with Crippen molar-refractivity contribution in [3.8, 4) is 0 Å². The van der Waals surface area contributed by atoms with Gasteiger partial charge in [0.15, 0.2) is 0 Å². The second kappa shape index (κ2) is 7.28. The van der Waals surface area contributed by atoms with Gasteiger partial charge in [-0.05, 0) is 51.8 Å². The molecule has 0 saturated carbocycles. The highest BCUT2D eigenvalue weighted by Crippen LogP contribution is 2.37. The van der Waals surface area contributed by atoms with Crippen LogP contribution in [-0.2, 0) is 4.74 Å². The van der Waals surface area contributed by atoms with Gasteiger partial charge in [0.1, 0.15) is 14.7 Å². The molecule has 3 heterocycles. The number of carbonyl (C=O) groups is 2. The van der Waals surface area contributed by atoms with Crippen LogP contribution >= 0.6 is 22.7 Å². The Kier molecular flexibility index (Phi) is 5.21. The first-order valence-corrected chi connectivity index (χ1v) is 10.1. The molecule has 0 saturated heterocycles. The highest BCUT2D eigenvalue weighted by molar-refractivity contribution is 7.21. The fourth-order valence-corrected chi connectivity index (χ4v) is 5.12. The van der Waals surface area contributed by atoms with Gasteiger partial charge >= 0.3 is 5.97 Å². The lowest BCUT2D eigenvalue weighted by atomic mass is 10.1. The number of carbonyl (C=O) groups excluding carboxylic acids is 2. The normalized spacial score (nSPS) is 11.0. The number of rotatable bonds is 4. The molecule has 1 amide bonds. The summed E-state index contributed by atoms with van der Waals surface area (Å²) < 4.78 is 5.14. The van der Waals surface area contributed by atoms with Crippen LogP contribution in [0.5, 0.6) is 0 Å². The van der Waals surface area contributed by atoms with Gasteiger partial charge in [-0.25, -0.2) is 9.78 Å². The molecule has 27 heavy (non-hydrogen) atoms. The minimum absolute atomic E-state index is 0.272. The molecule has 0 aliphatic rings. The van der Waals surface area contributed by atoms with E-state index >= 15 is 0 Å². The topological polar surface area (TPSA) is 94.3 Å². The summed E-state index contributed by atoms with van der Waals surface area (Å²) in [6.07, 6.45) is 0. The van der Waals surface area contributed by atoms with Gasteiger partial charge < -0.3 is 15.8 Å². The molecular weight excluding hydrogens is 382 g/mol. The molecule has 0 aromatic carbocycles. The summed E-state index contributed by atoms with van der Waals surface area (Å²) in [5.74, 6) is -0.786. The Morgan fingerprint density at radius 1 is 1.22 bits per heavy atom. The smallest absolute Gasteiger partial charge is 0.341 e. The van der Waals surface area contributed by atoms with Crippen LogP contribution in [0.25, 0.3) is 10.2 Å². The lowest BCUT2D eigenvalue weighted by Gasteiger charge is -2.07. The fourth-order valence-electron chi connectivity index (χ4n) is 2.96. The molecule has 0 aliphatic heterocycles. The molecule has 0 aliphatic carbocycles. The molecule has 0 bridgehead atoms. The van der Waals surface area contributed by atoms with E-state index in [-0.39, 0.29) is 12.5 Å². The van der Waals surface area contributed by atoms with Gasteiger partial charge in [0.05, 0.1) is 17.9 Å². The van der Waals surface area contributed by atoms with Crippen LogP contribution in [0.15, 0.2) is 6.07 Å². The number of hydrogen-bond acceptors (Lipinski definition) is 7. The number of nitrogen functional groups attached to an aromatic ring is 1. The molecule has 3 N–H and O–H groups in total. The van der Waals surface area contributed by atoms with Gasteiger partial charge in [-0.15, -0.1) is 22.7 Å². The van der Waals surface area contributed by atoms with E-state index in [9.17, 15) is 9.59 Å². The maximum absolute atomic E-state index is 12.9. The second-order valence-electron chi connectivity index (χ2n) is 6.27. The molecule has 3 aromatic heterocycles. The van der Waals surface area contributed by atoms with E-state index in [1.54, 1.807) is 6.92 Å². The Balaban J connectivity index is 2.01. The van der Waals surface area contributed by atoms with Crippen LogP contribution in [0.1, 0.15) is 48.7 Å². The third-order valence-corrected chi connectivity index (χ3v) is 6.54. The zero-order valence-electron chi connectivity index (χ0n) is 15.9. The largest absolute Gasteiger partial charge is 0.462 e.